The van der Waals surface area contributed by atoms with Crippen LogP contribution in [0.1, 0.15) is 19.3 Å². The molecule has 2 aliphatic rings. The first-order chi connectivity index (χ1) is 9.66. The Morgan fingerprint density at radius 3 is 2.40 bits per heavy atom. The maximum absolute atomic E-state index is 12.2. The molecule has 3 rings (SSSR count). The lowest BCUT2D eigenvalue weighted by molar-refractivity contribution is -0.123. The Labute approximate surface area is 118 Å². The van der Waals surface area contributed by atoms with Crippen LogP contribution in [0.15, 0.2) is 24.3 Å². The highest BCUT2D eigenvalue weighted by atomic mass is 16.2. The van der Waals surface area contributed by atoms with Gasteiger partial charge >= 0.3 is 0 Å². The Balaban J connectivity index is 1.90. The van der Waals surface area contributed by atoms with Crippen LogP contribution in [0, 0.1) is 5.92 Å². The predicted octanol–water partition coefficient (Wildman–Crippen LogP) is 1.12. The maximum Gasteiger partial charge on any atom is 0.227 e. The number of carbonyl (C=O) groups excluding carboxylic acids is 2. The molecule has 0 spiro atoms. The lowest BCUT2D eigenvalue weighted by Gasteiger charge is -2.26. The third kappa shape index (κ3) is 2.24. The first kappa shape index (κ1) is 13.0. The van der Waals surface area contributed by atoms with E-state index in [4.69, 9.17) is 5.73 Å². The van der Waals surface area contributed by atoms with Crippen molar-refractivity contribution >= 4 is 23.2 Å². The van der Waals surface area contributed by atoms with Gasteiger partial charge in [0.25, 0.3) is 0 Å². The zero-order valence-corrected chi connectivity index (χ0v) is 11.4. The summed E-state index contributed by atoms with van der Waals surface area (Å²) in [6, 6.07) is 7.92. The van der Waals surface area contributed by atoms with E-state index in [9.17, 15) is 9.59 Å². The third-order valence-electron chi connectivity index (χ3n) is 4.15. The summed E-state index contributed by atoms with van der Waals surface area (Å²) < 4.78 is 0. The number of nitrogens with zero attached hydrogens (tertiary/aromatic N) is 2. The van der Waals surface area contributed by atoms with E-state index in [1.165, 1.54) is 12.8 Å². The summed E-state index contributed by atoms with van der Waals surface area (Å²) in [5.74, 6) is -0.769. The summed E-state index contributed by atoms with van der Waals surface area (Å²) in [5.41, 5.74) is 7.32. The molecule has 20 heavy (non-hydrogen) atoms. The van der Waals surface area contributed by atoms with Gasteiger partial charge < -0.3 is 15.5 Å². The molecule has 5 nitrogen and oxygen atoms in total. The Kier molecular flexibility index (Phi) is 3.34. The fraction of sp³-hybridized carbons (Fsp3) is 0.467. The first-order valence-electron chi connectivity index (χ1n) is 7.10. The Morgan fingerprint density at radius 2 is 1.80 bits per heavy atom. The van der Waals surface area contributed by atoms with Crippen LogP contribution >= 0.6 is 0 Å². The second-order valence-electron chi connectivity index (χ2n) is 5.49. The van der Waals surface area contributed by atoms with Gasteiger partial charge in [-0.25, -0.2) is 0 Å². The van der Waals surface area contributed by atoms with Crippen molar-refractivity contribution in [2.75, 3.05) is 29.4 Å². The van der Waals surface area contributed by atoms with Crippen LogP contribution in [0.3, 0.4) is 0 Å². The van der Waals surface area contributed by atoms with Crippen LogP contribution in [0.4, 0.5) is 11.4 Å². The fourth-order valence-electron chi connectivity index (χ4n) is 3.05. The number of para-hydroxylation sites is 2. The van der Waals surface area contributed by atoms with Crippen LogP contribution < -0.4 is 15.5 Å². The number of amides is 2. The van der Waals surface area contributed by atoms with E-state index in [1.807, 2.05) is 24.3 Å². The van der Waals surface area contributed by atoms with Gasteiger partial charge in [-0.2, -0.15) is 0 Å². The minimum Gasteiger partial charge on any atom is -0.370 e. The molecule has 1 atom stereocenters. The monoisotopic (exact) mass is 273 g/mol. The van der Waals surface area contributed by atoms with Gasteiger partial charge in [0.2, 0.25) is 11.8 Å². The van der Waals surface area contributed by atoms with Crippen molar-refractivity contribution in [1.82, 2.24) is 0 Å². The van der Waals surface area contributed by atoms with E-state index in [0.29, 0.717) is 6.54 Å². The topological polar surface area (TPSA) is 66.6 Å². The molecule has 106 valence electrons. The van der Waals surface area contributed by atoms with Gasteiger partial charge in [0.05, 0.1) is 17.3 Å². The summed E-state index contributed by atoms with van der Waals surface area (Å²) in [6.07, 6.45) is 2.60. The minimum atomic E-state index is -0.389. The van der Waals surface area contributed by atoms with E-state index in [2.05, 4.69) is 4.90 Å². The normalized spacial score (nSPS) is 22.6. The number of anilines is 2. The number of primary amides is 1. The molecular formula is C15H19N3O2. The number of benzene rings is 1. The van der Waals surface area contributed by atoms with Gasteiger partial charge in [0.1, 0.15) is 0 Å². The molecule has 2 saturated heterocycles. The molecule has 0 radical (unpaired) electrons. The molecule has 2 heterocycles. The summed E-state index contributed by atoms with van der Waals surface area (Å²) in [7, 11) is 0. The summed E-state index contributed by atoms with van der Waals surface area (Å²) in [5, 5.41) is 0. The molecule has 0 unspecified atom stereocenters. The van der Waals surface area contributed by atoms with Gasteiger partial charge in [-0.05, 0) is 25.0 Å². The maximum atomic E-state index is 12.2. The number of nitrogens with two attached hydrogens (primary N) is 1. The average molecular weight is 273 g/mol. The number of carbonyl (C=O) groups is 2. The van der Waals surface area contributed by atoms with Crippen LogP contribution in [0.5, 0.6) is 0 Å². The molecule has 2 fully saturated rings. The quantitative estimate of drug-likeness (QED) is 0.897. The second-order valence-corrected chi connectivity index (χ2v) is 5.49. The summed E-state index contributed by atoms with van der Waals surface area (Å²) in [6.45, 7) is 2.45. The fourth-order valence-corrected chi connectivity index (χ4v) is 3.05. The average Bonchev–Trinajstić information content (AvgIpc) is 3.08. The number of hydrogen-bond acceptors (Lipinski definition) is 3. The molecule has 0 aliphatic carbocycles. The summed E-state index contributed by atoms with van der Waals surface area (Å²) in [4.78, 5) is 27.5. The molecule has 1 aromatic rings. The molecule has 2 amide bonds. The highest BCUT2D eigenvalue weighted by Crippen LogP contribution is 2.35. The smallest absolute Gasteiger partial charge is 0.227 e. The molecule has 2 N–H and O–H groups in total. The van der Waals surface area contributed by atoms with Crippen LogP contribution in [0.25, 0.3) is 0 Å². The highest BCUT2D eigenvalue weighted by Gasteiger charge is 2.35. The lowest BCUT2D eigenvalue weighted by atomic mass is 10.1. The molecule has 5 heteroatoms. The van der Waals surface area contributed by atoms with Crippen LogP contribution in [-0.2, 0) is 9.59 Å². The van der Waals surface area contributed by atoms with E-state index in [1.54, 1.807) is 4.90 Å². The third-order valence-corrected chi connectivity index (χ3v) is 4.15. The van der Waals surface area contributed by atoms with Gasteiger partial charge in [0.15, 0.2) is 0 Å². The van der Waals surface area contributed by atoms with Gasteiger partial charge in [0, 0.05) is 26.1 Å². The molecule has 0 saturated carbocycles. The van der Waals surface area contributed by atoms with Crippen molar-refractivity contribution < 1.29 is 9.59 Å². The zero-order chi connectivity index (χ0) is 14.1. The van der Waals surface area contributed by atoms with E-state index in [-0.39, 0.29) is 24.2 Å². The van der Waals surface area contributed by atoms with Crippen LogP contribution in [0.2, 0.25) is 0 Å². The lowest BCUT2D eigenvalue weighted by Crippen LogP contribution is -2.30. The molecular weight excluding hydrogens is 254 g/mol. The van der Waals surface area contributed by atoms with E-state index < -0.39 is 0 Å². The zero-order valence-electron chi connectivity index (χ0n) is 11.4. The first-order valence-corrected chi connectivity index (χ1v) is 7.10. The van der Waals surface area contributed by atoms with Crippen molar-refractivity contribution in [1.29, 1.82) is 0 Å². The SMILES string of the molecule is NC(=O)[C@H]1CC(=O)N(c2ccccc2N2CCCC2)C1. The second kappa shape index (κ2) is 5.15. The van der Waals surface area contributed by atoms with Crippen molar-refractivity contribution in [2.24, 2.45) is 11.7 Å². The van der Waals surface area contributed by atoms with Crippen molar-refractivity contribution in [3.05, 3.63) is 24.3 Å². The predicted molar refractivity (Wildman–Crippen MR) is 77.5 cm³/mol. The standard InChI is InChI=1S/C15H19N3O2/c16-15(20)11-9-14(19)18(10-11)13-6-2-1-5-12(13)17-7-3-4-8-17/h1-2,5-6,11H,3-4,7-10H2,(H2,16,20)/t11-/m0/s1. The molecule has 2 aliphatic heterocycles. The minimum absolute atomic E-state index is 0.0135. The van der Waals surface area contributed by atoms with E-state index >= 15 is 0 Å². The van der Waals surface area contributed by atoms with Crippen LogP contribution in [-0.4, -0.2) is 31.4 Å². The molecule has 1 aromatic carbocycles. The van der Waals surface area contributed by atoms with Gasteiger partial charge in [-0.3, -0.25) is 9.59 Å². The van der Waals surface area contributed by atoms with Gasteiger partial charge in [-0.1, -0.05) is 12.1 Å². The van der Waals surface area contributed by atoms with Crippen molar-refractivity contribution in [2.45, 2.75) is 19.3 Å². The molecule has 0 bridgehead atoms. The highest BCUT2D eigenvalue weighted by molar-refractivity contribution is 6.02. The van der Waals surface area contributed by atoms with Crippen molar-refractivity contribution in [3.63, 3.8) is 0 Å². The molecule has 0 aromatic heterocycles. The largest absolute Gasteiger partial charge is 0.370 e. The Bertz CT molecular complexity index is 538. The number of rotatable bonds is 3. The van der Waals surface area contributed by atoms with Gasteiger partial charge in [-0.15, -0.1) is 0 Å². The Morgan fingerprint density at radius 1 is 1.15 bits per heavy atom. The van der Waals surface area contributed by atoms with E-state index in [0.717, 1.165) is 24.5 Å². The Hall–Kier alpha value is -2.04. The van der Waals surface area contributed by atoms with Crippen molar-refractivity contribution in [3.8, 4) is 0 Å². The number of hydrogen-bond donors (Lipinski definition) is 1. The summed E-state index contributed by atoms with van der Waals surface area (Å²) >= 11 is 0.